The number of amides is 1. The number of rotatable bonds is 1. The van der Waals surface area contributed by atoms with Gasteiger partial charge in [-0.3, -0.25) is 4.79 Å². The van der Waals surface area contributed by atoms with Gasteiger partial charge in [0.25, 0.3) is 0 Å². The number of nitrogens with zero attached hydrogens (tertiary/aromatic N) is 1. The lowest BCUT2D eigenvalue weighted by atomic mass is 10.1. The molecule has 1 aromatic carbocycles. The van der Waals surface area contributed by atoms with Crippen LogP contribution in [0.1, 0.15) is 18.4 Å². The molecule has 1 aliphatic heterocycles. The molecule has 86 valence electrons. The number of fused-ring (bicyclic) bond motifs is 1. The van der Waals surface area contributed by atoms with Crippen molar-refractivity contribution in [1.82, 2.24) is 0 Å². The van der Waals surface area contributed by atoms with E-state index in [1.54, 1.807) is 0 Å². The van der Waals surface area contributed by atoms with E-state index in [2.05, 4.69) is 42.4 Å². The molecule has 0 saturated carbocycles. The average molecular weight is 233 g/mol. The second kappa shape index (κ2) is 4.05. The summed E-state index contributed by atoms with van der Waals surface area (Å²) in [7, 11) is -1.62. The van der Waals surface area contributed by atoms with E-state index in [4.69, 9.17) is 0 Å². The molecule has 0 fully saturated rings. The van der Waals surface area contributed by atoms with Gasteiger partial charge in [-0.15, -0.1) is 0 Å². The standard InChI is InChI=1S/C13H19NOSi/c1-16(2,3)14-12-9-5-4-7-11(12)8-6-10-13(14)15/h4-5,7,9H,6,8,10H2,1-3H3. The highest BCUT2D eigenvalue weighted by atomic mass is 28.3. The molecule has 0 radical (unpaired) electrons. The minimum absolute atomic E-state index is 0.309. The van der Waals surface area contributed by atoms with Crippen LogP contribution >= 0.6 is 0 Å². The molecule has 0 unspecified atom stereocenters. The van der Waals surface area contributed by atoms with E-state index in [1.165, 1.54) is 5.56 Å². The zero-order valence-electron chi connectivity index (χ0n) is 10.3. The first kappa shape index (κ1) is 11.4. The van der Waals surface area contributed by atoms with Crippen molar-refractivity contribution in [1.29, 1.82) is 0 Å². The number of para-hydroxylation sites is 1. The lowest BCUT2D eigenvalue weighted by Gasteiger charge is -2.34. The van der Waals surface area contributed by atoms with Crippen LogP contribution in [-0.2, 0) is 11.2 Å². The molecule has 0 atom stereocenters. The number of hydrogen-bond donors (Lipinski definition) is 0. The minimum atomic E-state index is -1.62. The monoisotopic (exact) mass is 233 g/mol. The minimum Gasteiger partial charge on any atom is -0.341 e. The SMILES string of the molecule is C[Si](C)(C)N1C(=O)CCCc2ccccc21. The van der Waals surface area contributed by atoms with E-state index in [-0.39, 0.29) is 0 Å². The van der Waals surface area contributed by atoms with Gasteiger partial charge >= 0.3 is 0 Å². The van der Waals surface area contributed by atoms with Crippen LogP contribution in [0.3, 0.4) is 0 Å². The molecule has 1 aliphatic rings. The highest BCUT2D eigenvalue weighted by Gasteiger charge is 2.32. The van der Waals surface area contributed by atoms with E-state index in [0.29, 0.717) is 12.3 Å². The Morgan fingerprint density at radius 1 is 1.12 bits per heavy atom. The third kappa shape index (κ3) is 2.05. The van der Waals surface area contributed by atoms with E-state index in [1.807, 2.05) is 6.07 Å². The Balaban J connectivity index is 2.52. The van der Waals surface area contributed by atoms with E-state index >= 15 is 0 Å². The first-order chi connectivity index (χ1) is 7.50. The smallest absolute Gasteiger partial charge is 0.219 e. The predicted octanol–water partition coefficient (Wildman–Crippen LogP) is 3.19. The Bertz CT molecular complexity index is 409. The lowest BCUT2D eigenvalue weighted by molar-refractivity contribution is -0.117. The average Bonchev–Trinajstić information content (AvgIpc) is 2.34. The van der Waals surface area contributed by atoms with Gasteiger partial charge in [-0.05, 0) is 24.5 Å². The largest absolute Gasteiger partial charge is 0.341 e. The molecule has 0 spiro atoms. The first-order valence-corrected chi connectivity index (χ1v) is 9.36. The third-order valence-corrected chi connectivity index (χ3v) is 4.82. The number of aryl methyl sites for hydroxylation is 1. The number of anilines is 1. The van der Waals surface area contributed by atoms with Gasteiger partial charge in [0, 0.05) is 12.1 Å². The fraction of sp³-hybridized carbons (Fsp3) is 0.462. The Hall–Kier alpha value is -1.09. The molecule has 0 aliphatic carbocycles. The maximum absolute atomic E-state index is 12.2. The fourth-order valence-electron chi connectivity index (χ4n) is 2.35. The summed E-state index contributed by atoms with van der Waals surface area (Å²) in [6, 6.07) is 8.35. The maximum atomic E-state index is 12.2. The first-order valence-electron chi connectivity index (χ1n) is 5.91. The molecular weight excluding hydrogens is 214 g/mol. The van der Waals surface area contributed by atoms with Gasteiger partial charge in [0.1, 0.15) is 0 Å². The van der Waals surface area contributed by atoms with Crippen molar-refractivity contribution in [2.45, 2.75) is 38.9 Å². The third-order valence-electron chi connectivity index (χ3n) is 2.99. The van der Waals surface area contributed by atoms with Crippen LogP contribution < -0.4 is 4.57 Å². The zero-order valence-corrected chi connectivity index (χ0v) is 11.3. The lowest BCUT2D eigenvalue weighted by Crippen LogP contribution is -2.50. The Morgan fingerprint density at radius 3 is 2.50 bits per heavy atom. The van der Waals surface area contributed by atoms with Crippen molar-refractivity contribution < 1.29 is 4.79 Å². The van der Waals surface area contributed by atoms with Crippen LogP contribution in [0.25, 0.3) is 0 Å². The van der Waals surface area contributed by atoms with Gasteiger partial charge in [-0.2, -0.15) is 0 Å². The summed E-state index contributed by atoms with van der Waals surface area (Å²) in [5, 5.41) is 0. The summed E-state index contributed by atoms with van der Waals surface area (Å²) in [6.45, 7) is 6.69. The highest BCUT2D eigenvalue weighted by molar-refractivity contribution is 6.83. The van der Waals surface area contributed by atoms with Gasteiger partial charge in [-0.1, -0.05) is 37.8 Å². The Kier molecular flexibility index (Phi) is 2.89. The summed E-state index contributed by atoms with van der Waals surface area (Å²) in [6.07, 6.45) is 2.71. The van der Waals surface area contributed by atoms with E-state index in [9.17, 15) is 4.79 Å². The van der Waals surface area contributed by atoms with Crippen molar-refractivity contribution in [3.8, 4) is 0 Å². The van der Waals surface area contributed by atoms with Crippen LogP contribution in [0, 0.1) is 0 Å². The van der Waals surface area contributed by atoms with Gasteiger partial charge in [0.2, 0.25) is 5.91 Å². The molecule has 0 bridgehead atoms. The van der Waals surface area contributed by atoms with Gasteiger partial charge < -0.3 is 4.57 Å². The van der Waals surface area contributed by atoms with Gasteiger partial charge in [-0.25, -0.2) is 0 Å². The molecule has 1 heterocycles. The number of benzene rings is 1. The second-order valence-electron chi connectivity index (χ2n) is 5.38. The van der Waals surface area contributed by atoms with Crippen LogP contribution in [0.2, 0.25) is 19.6 Å². The molecular formula is C13H19NOSi. The normalized spacial score (nSPS) is 16.9. The van der Waals surface area contributed by atoms with Crippen LogP contribution in [0.15, 0.2) is 24.3 Å². The van der Waals surface area contributed by atoms with Gasteiger partial charge in [0.05, 0.1) is 0 Å². The highest BCUT2D eigenvalue weighted by Crippen LogP contribution is 2.30. The fourth-order valence-corrected chi connectivity index (χ4v) is 4.15. The van der Waals surface area contributed by atoms with Crippen LogP contribution in [0.4, 0.5) is 5.69 Å². The molecule has 2 rings (SSSR count). The Labute approximate surface area is 98.4 Å². The maximum Gasteiger partial charge on any atom is 0.219 e. The number of carbonyl (C=O) groups excluding carboxylic acids is 1. The predicted molar refractivity (Wildman–Crippen MR) is 70.2 cm³/mol. The quantitative estimate of drug-likeness (QED) is 0.682. The van der Waals surface area contributed by atoms with Crippen molar-refractivity contribution in [3.63, 3.8) is 0 Å². The van der Waals surface area contributed by atoms with Crippen molar-refractivity contribution in [2.75, 3.05) is 4.57 Å². The molecule has 2 nitrogen and oxygen atoms in total. The molecule has 1 amide bonds. The second-order valence-corrected chi connectivity index (χ2v) is 10.2. The molecule has 0 N–H and O–H groups in total. The molecule has 1 aromatic rings. The summed E-state index contributed by atoms with van der Waals surface area (Å²) < 4.78 is 2.09. The topological polar surface area (TPSA) is 20.3 Å². The molecule has 3 heteroatoms. The summed E-state index contributed by atoms with van der Waals surface area (Å²) in [5.74, 6) is 0.309. The van der Waals surface area contributed by atoms with E-state index < -0.39 is 8.24 Å². The summed E-state index contributed by atoms with van der Waals surface area (Å²) in [4.78, 5) is 12.2. The van der Waals surface area contributed by atoms with E-state index in [0.717, 1.165) is 18.5 Å². The molecule has 0 saturated heterocycles. The number of carbonyl (C=O) groups is 1. The van der Waals surface area contributed by atoms with Crippen LogP contribution in [0.5, 0.6) is 0 Å². The summed E-state index contributed by atoms with van der Waals surface area (Å²) >= 11 is 0. The number of hydrogen-bond acceptors (Lipinski definition) is 1. The van der Waals surface area contributed by atoms with Gasteiger partial charge in [0.15, 0.2) is 8.24 Å². The van der Waals surface area contributed by atoms with Crippen LogP contribution in [-0.4, -0.2) is 14.1 Å². The molecule has 0 aromatic heterocycles. The molecule has 16 heavy (non-hydrogen) atoms. The van der Waals surface area contributed by atoms with Crippen molar-refractivity contribution >= 4 is 19.8 Å². The summed E-state index contributed by atoms with van der Waals surface area (Å²) in [5.41, 5.74) is 2.49. The zero-order chi connectivity index (χ0) is 11.8. The van der Waals surface area contributed by atoms with Crippen molar-refractivity contribution in [3.05, 3.63) is 29.8 Å². The van der Waals surface area contributed by atoms with Crippen molar-refractivity contribution in [2.24, 2.45) is 0 Å². The Morgan fingerprint density at radius 2 is 1.81 bits per heavy atom.